The van der Waals surface area contributed by atoms with Crippen molar-refractivity contribution in [3.63, 3.8) is 0 Å². The molecular weight excluding hydrogens is 428 g/mol. The zero-order chi connectivity index (χ0) is 21.6. The van der Waals surface area contributed by atoms with Gasteiger partial charge in [0.25, 0.3) is 0 Å². The van der Waals surface area contributed by atoms with Gasteiger partial charge in [0.2, 0.25) is 0 Å². The number of benzene rings is 1. The van der Waals surface area contributed by atoms with Gasteiger partial charge in [-0.2, -0.15) is 5.10 Å². The van der Waals surface area contributed by atoms with Gasteiger partial charge in [-0.3, -0.25) is 0 Å². The Morgan fingerprint density at radius 3 is 2.77 bits per heavy atom. The molecule has 1 aromatic carbocycles. The number of nitrogens with zero attached hydrogens (tertiary/aromatic N) is 2. The maximum Gasteiger partial charge on any atom is 0.341 e. The summed E-state index contributed by atoms with van der Waals surface area (Å²) in [6.45, 7) is 2.78. The first kappa shape index (κ1) is 21.5. The fraction of sp³-hybridized carbons (Fsp3) is 0.348. The molecule has 162 valence electrons. The van der Waals surface area contributed by atoms with Crippen LogP contribution in [0.15, 0.2) is 42.7 Å². The van der Waals surface area contributed by atoms with Crippen molar-refractivity contribution >= 4 is 39.6 Å². The number of rotatable bonds is 6. The van der Waals surface area contributed by atoms with Gasteiger partial charge < -0.3 is 15.4 Å². The number of fused-ring (bicyclic) bond motifs is 1. The lowest BCUT2D eigenvalue weighted by atomic mass is 10.1. The molecule has 2 N–H and O–H groups in total. The highest BCUT2D eigenvalue weighted by Crippen LogP contribution is 2.38. The maximum atomic E-state index is 12.7. The molecule has 1 aliphatic rings. The summed E-state index contributed by atoms with van der Waals surface area (Å²) in [6, 6.07) is 10.0. The summed E-state index contributed by atoms with van der Waals surface area (Å²) in [7, 11) is 0. The lowest BCUT2D eigenvalue weighted by molar-refractivity contribution is 0.0527. The predicted octanol–water partition coefficient (Wildman–Crippen LogP) is 4.87. The van der Waals surface area contributed by atoms with Crippen LogP contribution in [0.1, 0.15) is 52.5 Å². The van der Waals surface area contributed by atoms with Gasteiger partial charge in [0, 0.05) is 23.8 Å². The molecule has 0 bridgehead atoms. The molecule has 0 atom stereocenters. The predicted molar refractivity (Wildman–Crippen MR) is 128 cm³/mol. The van der Waals surface area contributed by atoms with E-state index in [1.54, 1.807) is 17.5 Å². The van der Waals surface area contributed by atoms with Crippen molar-refractivity contribution in [3.05, 3.63) is 64.3 Å². The summed E-state index contributed by atoms with van der Waals surface area (Å²) in [5.41, 5.74) is 3.91. The zero-order valence-electron chi connectivity index (χ0n) is 17.5. The summed E-state index contributed by atoms with van der Waals surface area (Å²) in [4.78, 5) is 14.0. The third-order valence-electron chi connectivity index (χ3n) is 5.29. The molecule has 6 nitrogen and oxygen atoms in total. The number of aryl methyl sites for hydroxylation is 1. The summed E-state index contributed by atoms with van der Waals surface area (Å²) >= 11 is 7.15. The van der Waals surface area contributed by atoms with Crippen LogP contribution >= 0.6 is 23.6 Å². The van der Waals surface area contributed by atoms with Gasteiger partial charge in [0.15, 0.2) is 5.11 Å². The van der Waals surface area contributed by atoms with E-state index in [4.69, 9.17) is 17.0 Å². The van der Waals surface area contributed by atoms with E-state index >= 15 is 0 Å². The van der Waals surface area contributed by atoms with Crippen molar-refractivity contribution in [1.29, 1.82) is 0 Å². The number of anilines is 1. The number of carbonyl (C=O) groups excluding carboxylic acids is 1. The molecule has 1 aliphatic carbocycles. The van der Waals surface area contributed by atoms with E-state index in [1.165, 1.54) is 11.3 Å². The fourth-order valence-electron chi connectivity index (χ4n) is 3.77. The number of hydrogen-bond donors (Lipinski definition) is 2. The number of hydrogen-bond acceptors (Lipinski definition) is 5. The number of carbonyl (C=O) groups is 1. The maximum absolute atomic E-state index is 12.7. The van der Waals surface area contributed by atoms with E-state index in [-0.39, 0.29) is 5.97 Å². The van der Waals surface area contributed by atoms with E-state index in [1.807, 2.05) is 48.1 Å². The zero-order valence-corrected chi connectivity index (χ0v) is 19.2. The van der Waals surface area contributed by atoms with Crippen LogP contribution in [0.3, 0.4) is 0 Å². The summed E-state index contributed by atoms with van der Waals surface area (Å²) in [5.74, 6) is -0.263. The topological polar surface area (TPSA) is 68.2 Å². The Bertz CT molecular complexity index is 1040. The van der Waals surface area contributed by atoms with Crippen molar-refractivity contribution in [3.8, 4) is 5.69 Å². The Balaban J connectivity index is 1.43. The summed E-state index contributed by atoms with van der Waals surface area (Å²) in [5, 5.41) is 12.0. The summed E-state index contributed by atoms with van der Waals surface area (Å²) in [6.07, 6.45) is 9.07. The number of thiocarbonyl (C=S) groups is 1. The Labute approximate surface area is 191 Å². The standard InChI is InChI=1S/C23H26N4O2S2/c1-2-29-22(28)20-18-7-4-3-5-8-19(18)31-21(20)26-23(30)24-15-16-9-11-17(12-10-16)27-14-6-13-25-27/h6,9-14H,2-5,7-8,15H2,1H3,(H2,24,26,30). The molecular formula is C23H26N4O2S2. The molecule has 0 amide bonds. The van der Waals surface area contributed by atoms with E-state index < -0.39 is 0 Å². The van der Waals surface area contributed by atoms with Crippen LogP contribution < -0.4 is 10.6 Å². The van der Waals surface area contributed by atoms with Gasteiger partial charge >= 0.3 is 5.97 Å². The van der Waals surface area contributed by atoms with Gasteiger partial charge in [0.05, 0.1) is 17.9 Å². The molecule has 0 saturated heterocycles. The van der Waals surface area contributed by atoms with E-state index in [9.17, 15) is 4.79 Å². The number of esters is 1. The van der Waals surface area contributed by atoms with Crippen LogP contribution in [-0.4, -0.2) is 27.5 Å². The largest absolute Gasteiger partial charge is 0.462 e. The molecule has 4 rings (SSSR count). The lowest BCUT2D eigenvalue weighted by Gasteiger charge is -2.12. The number of aromatic nitrogens is 2. The van der Waals surface area contributed by atoms with Crippen molar-refractivity contribution in [2.45, 2.75) is 45.6 Å². The highest BCUT2D eigenvalue weighted by Gasteiger charge is 2.26. The van der Waals surface area contributed by atoms with Crippen LogP contribution in [0.2, 0.25) is 0 Å². The minimum atomic E-state index is -0.263. The van der Waals surface area contributed by atoms with E-state index in [2.05, 4.69) is 15.7 Å². The molecule has 0 spiro atoms. The van der Waals surface area contributed by atoms with Gasteiger partial charge in [0.1, 0.15) is 5.00 Å². The van der Waals surface area contributed by atoms with E-state index in [0.29, 0.717) is 23.8 Å². The summed E-state index contributed by atoms with van der Waals surface area (Å²) < 4.78 is 7.16. The molecule has 2 aromatic heterocycles. The van der Waals surface area contributed by atoms with Crippen molar-refractivity contribution in [2.75, 3.05) is 11.9 Å². The Morgan fingerprint density at radius 1 is 1.23 bits per heavy atom. The van der Waals surface area contributed by atoms with Crippen molar-refractivity contribution in [1.82, 2.24) is 15.1 Å². The SMILES string of the molecule is CCOC(=O)c1c(NC(=S)NCc2ccc(-n3cccn3)cc2)sc2c1CCCCC2. The lowest BCUT2D eigenvalue weighted by Crippen LogP contribution is -2.28. The molecule has 2 heterocycles. The first-order valence-corrected chi connectivity index (χ1v) is 11.8. The average molecular weight is 455 g/mol. The van der Waals surface area contributed by atoms with Crippen LogP contribution in [0.5, 0.6) is 0 Å². The fourth-order valence-corrected chi connectivity index (χ4v) is 5.29. The third kappa shape index (κ3) is 5.14. The van der Waals surface area contributed by atoms with Gasteiger partial charge in [-0.25, -0.2) is 9.48 Å². The van der Waals surface area contributed by atoms with Crippen LogP contribution in [0, 0.1) is 0 Å². The second kappa shape index (κ2) is 10.1. The van der Waals surface area contributed by atoms with E-state index in [0.717, 1.165) is 47.5 Å². The first-order chi connectivity index (χ1) is 15.2. The molecule has 8 heteroatoms. The molecule has 0 radical (unpaired) electrons. The van der Waals surface area contributed by atoms with Gasteiger partial charge in [-0.05, 0) is 74.2 Å². The number of ether oxygens (including phenoxy) is 1. The Kier molecular flexibility index (Phi) is 6.99. The van der Waals surface area contributed by atoms with Crippen LogP contribution in [0.4, 0.5) is 5.00 Å². The van der Waals surface area contributed by atoms with Gasteiger partial charge in [-0.1, -0.05) is 18.6 Å². The first-order valence-electron chi connectivity index (χ1n) is 10.6. The normalized spacial score (nSPS) is 13.2. The minimum Gasteiger partial charge on any atom is -0.462 e. The van der Waals surface area contributed by atoms with Gasteiger partial charge in [-0.15, -0.1) is 11.3 Å². The molecule has 3 aromatic rings. The second-order valence-electron chi connectivity index (χ2n) is 7.41. The van der Waals surface area contributed by atoms with Crippen LogP contribution in [-0.2, 0) is 24.1 Å². The van der Waals surface area contributed by atoms with Crippen molar-refractivity contribution < 1.29 is 9.53 Å². The monoisotopic (exact) mass is 454 g/mol. The minimum absolute atomic E-state index is 0.263. The molecule has 31 heavy (non-hydrogen) atoms. The quantitative estimate of drug-likeness (QED) is 0.315. The number of nitrogens with one attached hydrogen (secondary N) is 2. The average Bonchev–Trinajstić information content (AvgIpc) is 3.36. The molecule has 0 unspecified atom stereocenters. The molecule has 0 fully saturated rings. The smallest absolute Gasteiger partial charge is 0.341 e. The molecule has 0 saturated carbocycles. The Hall–Kier alpha value is -2.71. The number of thiophene rings is 1. The van der Waals surface area contributed by atoms with Crippen molar-refractivity contribution in [2.24, 2.45) is 0 Å². The highest BCUT2D eigenvalue weighted by molar-refractivity contribution is 7.80. The third-order valence-corrected chi connectivity index (χ3v) is 6.74. The molecule has 0 aliphatic heterocycles. The second-order valence-corrected chi connectivity index (χ2v) is 8.93. The van der Waals surface area contributed by atoms with Crippen LogP contribution in [0.25, 0.3) is 5.69 Å². The Morgan fingerprint density at radius 2 is 2.03 bits per heavy atom. The highest BCUT2D eigenvalue weighted by atomic mass is 32.1.